The Bertz CT molecular complexity index is 555. The van der Waals surface area contributed by atoms with Gasteiger partial charge in [0.2, 0.25) is 0 Å². The minimum absolute atomic E-state index is 0.438. The molecule has 0 unspecified atom stereocenters. The Morgan fingerprint density at radius 1 is 1.21 bits per heavy atom. The van der Waals surface area contributed by atoms with E-state index in [1.54, 1.807) is 18.7 Å². The first-order valence-corrected chi connectivity index (χ1v) is 8.06. The highest BCUT2D eigenvalue weighted by atomic mass is 79.9. The number of hydrogen-bond donors (Lipinski definition) is 1. The summed E-state index contributed by atoms with van der Waals surface area (Å²) >= 11 is 11.2. The van der Waals surface area contributed by atoms with Gasteiger partial charge in [0, 0.05) is 20.1 Å². The van der Waals surface area contributed by atoms with E-state index < -0.39 is 6.10 Å². The maximum absolute atomic E-state index is 9.53. The largest absolute Gasteiger partial charge is 0.389 e. The van der Waals surface area contributed by atoms with Crippen molar-refractivity contribution in [2.45, 2.75) is 23.7 Å². The second-order valence-corrected chi connectivity index (χ2v) is 6.59. The third-order valence-electron chi connectivity index (χ3n) is 2.75. The van der Waals surface area contributed by atoms with Gasteiger partial charge in [0.25, 0.3) is 0 Å². The number of thioether (sulfide) groups is 1. The number of aliphatic hydroxyl groups excluding tert-OH is 1. The zero-order chi connectivity index (χ0) is 13.8. The minimum atomic E-state index is -0.438. The van der Waals surface area contributed by atoms with E-state index in [1.807, 2.05) is 42.5 Å². The Balaban J connectivity index is 2.05. The van der Waals surface area contributed by atoms with Crippen LogP contribution in [0.4, 0.5) is 0 Å². The monoisotopic (exact) mass is 356 g/mol. The molecule has 0 aromatic heterocycles. The maximum Gasteiger partial charge on any atom is 0.0762 e. The smallest absolute Gasteiger partial charge is 0.0762 e. The lowest BCUT2D eigenvalue weighted by Crippen LogP contribution is -1.91. The first-order chi connectivity index (χ1) is 9.06. The molecule has 0 fully saturated rings. The van der Waals surface area contributed by atoms with Gasteiger partial charge in [-0.05, 0) is 58.2 Å². The lowest BCUT2D eigenvalue weighted by molar-refractivity contribution is 0.199. The molecule has 1 atom stereocenters. The number of rotatable bonds is 4. The van der Waals surface area contributed by atoms with Crippen molar-refractivity contribution in [3.8, 4) is 0 Å². The van der Waals surface area contributed by atoms with Crippen molar-refractivity contribution in [3.05, 3.63) is 63.1 Å². The molecule has 0 aliphatic rings. The van der Waals surface area contributed by atoms with Crippen LogP contribution in [0.1, 0.15) is 24.2 Å². The highest BCUT2D eigenvalue weighted by molar-refractivity contribution is 9.10. The molecule has 0 aliphatic carbocycles. The van der Waals surface area contributed by atoms with Crippen molar-refractivity contribution in [2.75, 3.05) is 0 Å². The van der Waals surface area contributed by atoms with Gasteiger partial charge in [-0.15, -0.1) is 11.8 Å². The number of benzene rings is 2. The Morgan fingerprint density at radius 2 is 1.89 bits per heavy atom. The molecular weight excluding hydrogens is 344 g/mol. The van der Waals surface area contributed by atoms with Crippen LogP contribution in [0.2, 0.25) is 5.02 Å². The average Bonchev–Trinajstić information content (AvgIpc) is 2.39. The second kappa shape index (κ2) is 6.80. The molecule has 0 spiro atoms. The van der Waals surface area contributed by atoms with Crippen molar-refractivity contribution in [3.63, 3.8) is 0 Å². The zero-order valence-corrected chi connectivity index (χ0v) is 13.6. The molecular formula is C15H14BrClOS. The topological polar surface area (TPSA) is 20.2 Å². The number of aliphatic hydroxyl groups is 1. The minimum Gasteiger partial charge on any atom is -0.389 e. The van der Waals surface area contributed by atoms with Gasteiger partial charge >= 0.3 is 0 Å². The van der Waals surface area contributed by atoms with Crippen molar-refractivity contribution in [2.24, 2.45) is 0 Å². The van der Waals surface area contributed by atoms with E-state index in [9.17, 15) is 5.11 Å². The summed E-state index contributed by atoms with van der Waals surface area (Å²) in [5, 5.41) is 10.3. The lowest BCUT2D eigenvalue weighted by atomic mass is 10.1. The fourth-order valence-electron chi connectivity index (χ4n) is 1.64. The van der Waals surface area contributed by atoms with E-state index in [0.717, 1.165) is 20.8 Å². The standard InChI is InChI=1S/C15H14BrClOS/c1-10(18)12-4-7-15(14(16)8-12)19-9-11-2-5-13(17)6-3-11/h2-8,10,18H,9H2,1H3/t10-/m1/s1. The van der Waals surface area contributed by atoms with Crippen LogP contribution in [0.25, 0.3) is 0 Å². The Hall–Kier alpha value is -0.480. The van der Waals surface area contributed by atoms with E-state index in [0.29, 0.717) is 0 Å². The zero-order valence-electron chi connectivity index (χ0n) is 10.4. The molecule has 0 saturated carbocycles. The van der Waals surface area contributed by atoms with Crippen LogP contribution in [0.15, 0.2) is 51.8 Å². The Labute approximate surface area is 131 Å². The van der Waals surface area contributed by atoms with Gasteiger partial charge in [-0.1, -0.05) is 29.8 Å². The molecule has 1 N–H and O–H groups in total. The summed E-state index contributed by atoms with van der Waals surface area (Å²) in [6.07, 6.45) is -0.438. The summed E-state index contributed by atoms with van der Waals surface area (Å²) in [5.74, 6) is 0.893. The van der Waals surface area contributed by atoms with Crippen LogP contribution in [-0.4, -0.2) is 5.11 Å². The fraction of sp³-hybridized carbons (Fsp3) is 0.200. The Kier molecular flexibility index (Phi) is 5.34. The van der Waals surface area contributed by atoms with E-state index in [-0.39, 0.29) is 0 Å². The first kappa shape index (κ1) is 14.9. The molecule has 0 heterocycles. The van der Waals surface area contributed by atoms with Crippen LogP contribution >= 0.6 is 39.3 Å². The van der Waals surface area contributed by atoms with Gasteiger partial charge in [0.15, 0.2) is 0 Å². The van der Waals surface area contributed by atoms with Gasteiger partial charge < -0.3 is 5.11 Å². The summed E-state index contributed by atoms with van der Waals surface area (Å²) in [5.41, 5.74) is 2.16. The molecule has 0 amide bonds. The molecule has 100 valence electrons. The third-order valence-corrected chi connectivity index (χ3v) is 5.06. The van der Waals surface area contributed by atoms with E-state index in [1.165, 1.54) is 10.5 Å². The predicted octanol–water partition coefficient (Wildman–Crippen LogP) is 5.45. The molecule has 19 heavy (non-hydrogen) atoms. The molecule has 0 radical (unpaired) electrons. The second-order valence-electron chi connectivity index (χ2n) is 4.28. The maximum atomic E-state index is 9.53. The number of hydrogen-bond acceptors (Lipinski definition) is 2. The fourth-order valence-corrected chi connectivity index (χ4v) is 3.38. The van der Waals surface area contributed by atoms with E-state index in [2.05, 4.69) is 15.9 Å². The molecule has 2 aromatic carbocycles. The summed E-state index contributed by atoms with van der Waals surface area (Å²) in [6, 6.07) is 13.8. The molecule has 2 rings (SSSR count). The van der Waals surface area contributed by atoms with Gasteiger partial charge in [0.1, 0.15) is 0 Å². The van der Waals surface area contributed by atoms with E-state index >= 15 is 0 Å². The van der Waals surface area contributed by atoms with Crippen molar-refractivity contribution in [1.29, 1.82) is 0 Å². The average molecular weight is 358 g/mol. The molecule has 0 aliphatic heterocycles. The first-order valence-electron chi connectivity index (χ1n) is 5.91. The molecule has 2 aromatic rings. The van der Waals surface area contributed by atoms with Crippen LogP contribution in [-0.2, 0) is 5.75 Å². The molecule has 0 saturated heterocycles. The normalized spacial score (nSPS) is 12.4. The number of halogens is 2. The van der Waals surface area contributed by atoms with Crippen LogP contribution in [0, 0.1) is 0 Å². The molecule has 4 heteroatoms. The van der Waals surface area contributed by atoms with Crippen molar-refractivity contribution >= 4 is 39.3 Å². The van der Waals surface area contributed by atoms with Gasteiger partial charge in [-0.3, -0.25) is 0 Å². The molecule has 0 bridgehead atoms. The van der Waals surface area contributed by atoms with E-state index in [4.69, 9.17) is 11.6 Å². The summed E-state index contributed by atoms with van der Waals surface area (Å²) in [6.45, 7) is 1.77. The van der Waals surface area contributed by atoms with Gasteiger partial charge in [0.05, 0.1) is 6.10 Å². The van der Waals surface area contributed by atoms with Crippen LogP contribution < -0.4 is 0 Å². The predicted molar refractivity (Wildman–Crippen MR) is 85.8 cm³/mol. The third kappa shape index (κ3) is 4.25. The van der Waals surface area contributed by atoms with Gasteiger partial charge in [-0.2, -0.15) is 0 Å². The molecule has 1 nitrogen and oxygen atoms in total. The Morgan fingerprint density at radius 3 is 2.47 bits per heavy atom. The summed E-state index contributed by atoms with van der Waals surface area (Å²) in [7, 11) is 0. The van der Waals surface area contributed by atoms with Gasteiger partial charge in [-0.25, -0.2) is 0 Å². The van der Waals surface area contributed by atoms with Crippen molar-refractivity contribution < 1.29 is 5.11 Å². The van der Waals surface area contributed by atoms with Crippen molar-refractivity contribution in [1.82, 2.24) is 0 Å². The highest BCUT2D eigenvalue weighted by Crippen LogP contribution is 2.32. The highest BCUT2D eigenvalue weighted by Gasteiger charge is 2.06. The summed E-state index contributed by atoms with van der Waals surface area (Å²) < 4.78 is 1.02. The summed E-state index contributed by atoms with van der Waals surface area (Å²) in [4.78, 5) is 1.17. The van der Waals surface area contributed by atoms with Crippen LogP contribution in [0.3, 0.4) is 0 Å². The quantitative estimate of drug-likeness (QED) is 0.734. The van der Waals surface area contributed by atoms with Crippen LogP contribution in [0.5, 0.6) is 0 Å². The lowest BCUT2D eigenvalue weighted by Gasteiger charge is -2.09. The SMILES string of the molecule is C[C@@H](O)c1ccc(SCc2ccc(Cl)cc2)c(Br)c1.